The quantitative estimate of drug-likeness (QED) is 0.697. The Bertz CT molecular complexity index is 1080. The predicted octanol–water partition coefficient (Wildman–Crippen LogP) is 3.48. The lowest BCUT2D eigenvalue weighted by atomic mass is 10.0. The molecule has 3 heterocycles. The first-order chi connectivity index (χ1) is 13.0. The van der Waals surface area contributed by atoms with Crippen LogP contribution in [-0.2, 0) is 4.79 Å². The molecular weight excluding hydrogens is 360 g/mol. The smallest absolute Gasteiger partial charge is 0.328 e. The molecule has 3 rings (SSSR count). The SMILES string of the molecule is Cc1cc(-c2cc(C(=O)NC(C)(C)C(=O)O)c3cnn(C(C)C)c3n2)c(C)o1. The van der Waals surface area contributed by atoms with Gasteiger partial charge in [0, 0.05) is 11.6 Å². The van der Waals surface area contributed by atoms with Crippen molar-refractivity contribution in [3.63, 3.8) is 0 Å². The van der Waals surface area contributed by atoms with E-state index in [0.29, 0.717) is 28.1 Å². The molecule has 0 unspecified atom stereocenters. The third-order valence-corrected chi connectivity index (χ3v) is 4.58. The number of carbonyl (C=O) groups is 2. The topological polar surface area (TPSA) is 110 Å². The molecular formula is C20H24N4O4. The number of hydrogen-bond donors (Lipinski definition) is 2. The highest BCUT2D eigenvalue weighted by atomic mass is 16.4. The average molecular weight is 384 g/mol. The summed E-state index contributed by atoms with van der Waals surface area (Å²) in [5.74, 6) is -0.185. The van der Waals surface area contributed by atoms with Gasteiger partial charge in [-0.2, -0.15) is 5.10 Å². The largest absolute Gasteiger partial charge is 0.480 e. The van der Waals surface area contributed by atoms with E-state index in [2.05, 4.69) is 10.4 Å². The van der Waals surface area contributed by atoms with Gasteiger partial charge < -0.3 is 14.8 Å². The van der Waals surface area contributed by atoms with Crippen LogP contribution in [0.5, 0.6) is 0 Å². The van der Waals surface area contributed by atoms with Gasteiger partial charge in [0.05, 0.1) is 22.8 Å². The number of rotatable bonds is 5. The van der Waals surface area contributed by atoms with Gasteiger partial charge in [-0.25, -0.2) is 14.5 Å². The van der Waals surface area contributed by atoms with Crippen molar-refractivity contribution < 1.29 is 19.1 Å². The number of nitrogens with zero attached hydrogens (tertiary/aromatic N) is 3. The van der Waals surface area contributed by atoms with Gasteiger partial charge in [-0.1, -0.05) is 0 Å². The number of carboxylic acid groups (broad SMARTS) is 1. The van der Waals surface area contributed by atoms with Crippen LogP contribution >= 0.6 is 0 Å². The lowest BCUT2D eigenvalue weighted by Crippen LogP contribution is -2.49. The number of carbonyl (C=O) groups excluding carboxylic acids is 1. The summed E-state index contributed by atoms with van der Waals surface area (Å²) >= 11 is 0. The average Bonchev–Trinajstić information content (AvgIpc) is 3.15. The number of furan rings is 1. The Morgan fingerprint density at radius 1 is 1.25 bits per heavy atom. The number of nitrogens with one attached hydrogen (secondary N) is 1. The molecule has 0 aliphatic carbocycles. The normalized spacial score (nSPS) is 12.0. The van der Waals surface area contributed by atoms with E-state index in [-0.39, 0.29) is 6.04 Å². The Labute approximate surface area is 162 Å². The Morgan fingerprint density at radius 2 is 1.93 bits per heavy atom. The number of aryl methyl sites for hydroxylation is 2. The fourth-order valence-electron chi connectivity index (χ4n) is 3.01. The molecule has 0 spiro atoms. The van der Waals surface area contributed by atoms with Gasteiger partial charge in [0.25, 0.3) is 5.91 Å². The summed E-state index contributed by atoms with van der Waals surface area (Å²) in [5.41, 5.74) is 0.816. The van der Waals surface area contributed by atoms with E-state index in [1.807, 2.05) is 33.8 Å². The number of aromatic nitrogens is 3. The van der Waals surface area contributed by atoms with Crippen LogP contribution in [0.15, 0.2) is 22.7 Å². The lowest BCUT2D eigenvalue weighted by Gasteiger charge is -2.21. The van der Waals surface area contributed by atoms with Crippen molar-refractivity contribution in [3.05, 3.63) is 35.4 Å². The summed E-state index contributed by atoms with van der Waals surface area (Å²) in [6.07, 6.45) is 1.59. The summed E-state index contributed by atoms with van der Waals surface area (Å²) in [6, 6.07) is 3.56. The van der Waals surface area contributed by atoms with Crippen molar-refractivity contribution in [2.24, 2.45) is 0 Å². The van der Waals surface area contributed by atoms with E-state index in [1.54, 1.807) is 16.9 Å². The number of aliphatic carboxylic acids is 1. The van der Waals surface area contributed by atoms with E-state index in [9.17, 15) is 14.7 Å². The Balaban J connectivity index is 2.22. The van der Waals surface area contributed by atoms with Crippen molar-refractivity contribution in [1.82, 2.24) is 20.1 Å². The zero-order chi connectivity index (χ0) is 20.8. The molecule has 8 nitrogen and oxygen atoms in total. The van der Waals surface area contributed by atoms with Crippen molar-refractivity contribution in [1.29, 1.82) is 0 Å². The highest BCUT2D eigenvalue weighted by Gasteiger charge is 2.31. The van der Waals surface area contributed by atoms with Crippen molar-refractivity contribution >= 4 is 22.9 Å². The zero-order valence-electron chi connectivity index (χ0n) is 16.8. The fourth-order valence-corrected chi connectivity index (χ4v) is 3.01. The molecule has 148 valence electrons. The van der Waals surface area contributed by atoms with E-state index < -0.39 is 17.4 Å². The van der Waals surface area contributed by atoms with Crippen LogP contribution < -0.4 is 5.32 Å². The van der Waals surface area contributed by atoms with Gasteiger partial charge in [0.1, 0.15) is 17.1 Å². The molecule has 0 saturated carbocycles. The van der Waals surface area contributed by atoms with Crippen LogP contribution in [0.4, 0.5) is 0 Å². The van der Waals surface area contributed by atoms with Gasteiger partial charge in [0.2, 0.25) is 0 Å². The van der Waals surface area contributed by atoms with Crippen LogP contribution in [0, 0.1) is 13.8 Å². The molecule has 3 aromatic heterocycles. The van der Waals surface area contributed by atoms with Crippen LogP contribution in [-0.4, -0.2) is 37.3 Å². The first-order valence-corrected chi connectivity index (χ1v) is 9.03. The van der Waals surface area contributed by atoms with E-state index in [0.717, 1.165) is 11.3 Å². The number of fused-ring (bicyclic) bond motifs is 1. The van der Waals surface area contributed by atoms with Crippen molar-refractivity contribution in [2.75, 3.05) is 0 Å². The Hall–Kier alpha value is -3.16. The summed E-state index contributed by atoms with van der Waals surface area (Å²) in [7, 11) is 0. The van der Waals surface area contributed by atoms with E-state index in [1.165, 1.54) is 13.8 Å². The zero-order valence-corrected chi connectivity index (χ0v) is 16.8. The summed E-state index contributed by atoms with van der Waals surface area (Å²) in [4.78, 5) is 29.1. The molecule has 8 heteroatoms. The molecule has 0 bridgehead atoms. The molecule has 0 radical (unpaired) electrons. The maximum absolute atomic E-state index is 13.0. The third kappa shape index (κ3) is 3.37. The second-order valence-electron chi connectivity index (χ2n) is 7.69. The number of carboxylic acids is 1. The van der Waals surface area contributed by atoms with Crippen LogP contribution in [0.25, 0.3) is 22.3 Å². The highest BCUT2D eigenvalue weighted by Crippen LogP contribution is 2.30. The number of pyridine rings is 1. The second kappa shape index (κ2) is 6.78. The second-order valence-corrected chi connectivity index (χ2v) is 7.69. The van der Waals surface area contributed by atoms with Gasteiger partial charge >= 0.3 is 5.97 Å². The summed E-state index contributed by atoms with van der Waals surface area (Å²) < 4.78 is 7.35. The fraction of sp³-hybridized carbons (Fsp3) is 0.400. The van der Waals surface area contributed by atoms with E-state index in [4.69, 9.17) is 9.40 Å². The van der Waals surface area contributed by atoms with Crippen molar-refractivity contribution in [2.45, 2.75) is 53.1 Å². The molecule has 0 atom stereocenters. The molecule has 0 saturated heterocycles. The first-order valence-electron chi connectivity index (χ1n) is 9.03. The van der Waals surface area contributed by atoms with Crippen molar-refractivity contribution in [3.8, 4) is 11.3 Å². The minimum Gasteiger partial charge on any atom is -0.480 e. The summed E-state index contributed by atoms with van der Waals surface area (Å²) in [5, 5.41) is 16.8. The van der Waals surface area contributed by atoms with Crippen LogP contribution in [0.1, 0.15) is 55.6 Å². The standard InChI is InChI=1S/C20H24N4O4/c1-10(2)24-17-15(9-21-24)14(18(25)23-20(5,6)19(26)27)8-16(22-17)13-7-11(3)28-12(13)4/h7-10H,1-6H3,(H,23,25)(H,26,27). The van der Waals surface area contributed by atoms with Gasteiger partial charge in [-0.05, 0) is 53.7 Å². The van der Waals surface area contributed by atoms with Gasteiger partial charge in [-0.15, -0.1) is 0 Å². The maximum Gasteiger partial charge on any atom is 0.328 e. The molecule has 28 heavy (non-hydrogen) atoms. The molecule has 0 aliphatic heterocycles. The molecule has 0 fully saturated rings. The monoisotopic (exact) mass is 384 g/mol. The molecule has 3 aromatic rings. The Morgan fingerprint density at radius 3 is 2.46 bits per heavy atom. The molecule has 2 N–H and O–H groups in total. The van der Waals surface area contributed by atoms with Crippen LogP contribution in [0.3, 0.4) is 0 Å². The van der Waals surface area contributed by atoms with E-state index >= 15 is 0 Å². The molecule has 0 aliphatic rings. The predicted molar refractivity (Wildman–Crippen MR) is 104 cm³/mol. The highest BCUT2D eigenvalue weighted by molar-refractivity contribution is 6.08. The summed E-state index contributed by atoms with van der Waals surface area (Å²) in [6.45, 7) is 10.5. The van der Waals surface area contributed by atoms with Gasteiger partial charge in [-0.3, -0.25) is 4.79 Å². The number of hydrogen-bond acceptors (Lipinski definition) is 5. The van der Waals surface area contributed by atoms with Crippen LogP contribution in [0.2, 0.25) is 0 Å². The lowest BCUT2D eigenvalue weighted by molar-refractivity contribution is -0.143. The number of amides is 1. The Kier molecular flexibility index (Phi) is 4.74. The minimum absolute atomic E-state index is 0.0406. The molecule has 0 aromatic carbocycles. The maximum atomic E-state index is 13.0. The minimum atomic E-state index is -1.41. The molecule has 1 amide bonds. The first kappa shape index (κ1) is 19.6. The van der Waals surface area contributed by atoms with Gasteiger partial charge in [0.15, 0.2) is 5.65 Å². The third-order valence-electron chi connectivity index (χ3n) is 4.58.